The number of hydrogen-bond donors (Lipinski definition) is 1. The van der Waals surface area contributed by atoms with E-state index in [-0.39, 0.29) is 30.0 Å². The number of ether oxygens (including phenoxy) is 1. The van der Waals surface area contributed by atoms with Gasteiger partial charge in [-0.05, 0) is 24.8 Å². The number of amides is 3. The Labute approximate surface area is 149 Å². The van der Waals surface area contributed by atoms with Gasteiger partial charge in [-0.25, -0.2) is 4.79 Å². The van der Waals surface area contributed by atoms with Crippen LogP contribution >= 0.6 is 0 Å². The summed E-state index contributed by atoms with van der Waals surface area (Å²) >= 11 is 0. The summed E-state index contributed by atoms with van der Waals surface area (Å²) in [5.41, 5.74) is 1.15. The maximum absolute atomic E-state index is 12.5. The molecule has 0 aromatic heterocycles. The van der Waals surface area contributed by atoms with E-state index in [0.717, 1.165) is 24.8 Å². The molecule has 1 aromatic rings. The van der Waals surface area contributed by atoms with Crippen molar-refractivity contribution < 1.29 is 14.3 Å². The van der Waals surface area contributed by atoms with E-state index >= 15 is 0 Å². The van der Waals surface area contributed by atoms with Crippen LogP contribution in [0.1, 0.15) is 30.9 Å². The lowest BCUT2D eigenvalue weighted by Gasteiger charge is -2.31. The third-order valence-corrected chi connectivity index (χ3v) is 5.05. The fraction of sp³-hybridized carbons (Fsp3) is 0.579. The number of nitrogens with zero attached hydrogens (tertiary/aromatic N) is 2. The van der Waals surface area contributed by atoms with Crippen molar-refractivity contribution in [1.29, 1.82) is 0 Å². The predicted octanol–water partition coefficient (Wildman–Crippen LogP) is 2.03. The molecule has 25 heavy (non-hydrogen) atoms. The van der Waals surface area contributed by atoms with Crippen molar-refractivity contribution >= 4 is 11.9 Å². The Morgan fingerprint density at radius 1 is 1.20 bits per heavy atom. The third-order valence-electron chi connectivity index (χ3n) is 5.05. The molecule has 6 nitrogen and oxygen atoms in total. The molecule has 2 aliphatic heterocycles. The van der Waals surface area contributed by atoms with Gasteiger partial charge in [-0.15, -0.1) is 0 Å². The Hall–Kier alpha value is -2.08. The molecule has 0 bridgehead atoms. The average molecular weight is 345 g/mol. The van der Waals surface area contributed by atoms with Crippen LogP contribution in [0.2, 0.25) is 0 Å². The molecule has 1 N–H and O–H groups in total. The summed E-state index contributed by atoms with van der Waals surface area (Å²) in [5.74, 6) is 0.0259. The number of likely N-dealkylation sites (tertiary alicyclic amines) is 1. The van der Waals surface area contributed by atoms with Crippen LogP contribution in [-0.4, -0.2) is 61.6 Å². The van der Waals surface area contributed by atoms with Gasteiger partial charge >= 0.3 is 6.03 Å². The van der Waals surface area contributed by atoms with Gasteiger partial charge in [0.15, 0.2) is 0 Å². The first-order chi connectivity index (χ1) is 12.0. The second kappa shape index (κ2) is 7.87. The van der Waals surface area contributed by atoms with Crippen molar-refractivity contribution in [2.24, 2.45) is 5.92 Å². The summed E-state index contributed by atoms with van der Waals surface area (Å²) in [7, 11) is 3.52. The van der Waals surface area contributed by atoms with Gasteiger partial charge in [0.2, 0.25) is 5.91 Å². The summed E-state index contributed by atoms with van der Waals surface area (Å²) in [6, 6.07) is 10.2. The van der Waals surface area contributed by atoms with Gasteiger partial charge in [-0.2, -0.15) is 0 Å². The highest BCUT2D eigenvalue weighted by atomic mass is 16.5. The van der Waals surface area contributed by atoms with Gasteiger partial charge in [-0.3, -0.25) is 4.79 Å². The minimum atomic E-state index is -0.0764. The molecule has 3 unspecified atom stereocenters. The fourth-order valence-corrected chi connectivity index (χ4v) is 3.61. The molecule has 2 aliphatic rings. The van der Waals surface area contributed by atoms with Gasteiger partial charge in [0.25, 0.3) is 0 Å². The maximum Gasteiger partial charge on any atom is 0.317 e. The molecule has 1 aromatic carbocycles. The van der Waals surface area contributed by atoms with Crippen molar-refractivity contribution in [1.82, 2.24) is 15.1 Å². The Kier molecular flexibility index (Phi) is 5.58. The van der Waals surface area contributed by atoms with Crippen LogP contribution in [-0.2, 0) is 9.53 Å². The van der Waals surface area contributed by atoms with Gasteiger partial charge in [0.05, 0.1) is 12.0 Å². The number of carbonyl (C=O) groups is 2. The van der Waals surface area contributed by atoms with Gasteiger partial charge in [0.1, 0.15) is 0 Å². The summed E-state index contributed by atoms with van der Waals surface area (Å²) in [5, 5.41) is 3.13. The first-order valence-corrected chi connectivity index (χ1v) is 8.97. The van der Waals surface area contributed by atoms with Crippen LogP contribution < -0.4 is 5.32 Å². The van der Waals surface area contributed by atoms with E-state index in [1.807, 2.05) is 18.2 Å². The molecule has 3 rings (SSSR count). The van der Waals surface area contributed by atoms with E-state index in [9.17, 15) is 9.59 Å². The number of hydrogen-bond acceptors (Lipinski definition) is 3. The van der Waals surface area contributed by atoms with E-state index in [4.69, 9.17) is 4.74 Å². The molecule has 136 valence electrons. The normalized spacial score (nSPS) is 26.3. The topological polar surface area (TPSA) is 61.9 Å². The summed E-state index contributed by atoms with van der Waals surface area (Å²) in [6.45, 7) is 1.79. The molecular formula is C19H27N3O3. The van der Waals surface area contributed by atoms with Crippen LogP contribution in [0.15, 0.2) is 30.3 Å². The Morgan fingerprint density at radius 3 is 2.68 bits per heavy atom. The molecule has 2 saturated heterocycles. The number of rotatable bonds is 3. The van der Waals surface area contributed by atoms with Crippen molar-refractivity contribution in [2.75, 3.05) is 33.8 Å². The summed E-state index contributed by atoms with van der Waals surface area (Å²) < 4.78 is 5.86. The van der Waals surface area contributed by atoms with E-state index in [2.05, 4.69) is 17.4 Å². The number of nitrogens with one attached hydrogen (secondary N) is 1. The van der Waals surface area contributed by atoms with Gasteiger partial charge in [0, 0.05) is 39.8 Å². The van der Waals surface area contributed by atoms with Crippen LogP contribution in [0, 0.1) is 5.92 Å². The average Bonchev–Trinajstić information content (AvgIpc) is 3.12. The smallest absolute Gasteiger partial charge is 0.317 e. The molecule has 0 aliphatic carbocycles. The van der Waals surface area contributed by atoms with E-state index in [1.165, 1.54) is 0 Å². The predicted molar refractivity (Wildman–Crippen MR) is 95.1 cm³/mol. The van der Waals surface area contributed by atoms with Crippen molar-refractivity contribution in [2.45, 2.75) is 31.4 Å². The molecule has 3 atom stereocenters. The first kappa shape index (κ1) is 17.7. The second-order valence-corrected chi connectivity index (χ2v) is 7.11. The van der Waals surface area contributed by atoms with E-state index in [1.54, 1.807) is 23.9 Å². The van der Waals surface area contributed by atoms with Crippen LogP contribution in [0.25, 0.3) is 0 Å². The zero-order valence-electron chi connectivity index (χ0n) is 15.0. The Balaban J connectivity index is 1.52. The molecule has 2 heterocycles. The van der Waals surface area contributed by atoms with E-state index < -0.39 is 0 Å². The maximum atomic E-state index is 12.5. The zero-order valence-corrected chi connectivity index (χ0v) is 15.0. The third kappa shape index (κ3) is 4.31. The molecule has 0 radical (unpaired) electrons. The fourth-order valence-electron chi connectivity index (χ4n) is 3.61. The van der Waals surface area contributed by atoms with Crippen LogP contribution in [0.3, 0.4) is 0 Å². The second-order valence-electron chi connectivity index (χ2n) is 7.11. The monoisotopic (exact) mass is 345 g/mol. The van der Waals surface area contributed by atoms with Gasteiger partial charge < -0.3 is 19.9 Å². The highest BCUT2D eigenvalue weighted by Gasteiger charge is 2.33. The lowest BCUT2D eigenvalue weighted by atomic mass is 9.97. The quantitative estimate of drug-likeness (QED) is 0.912. The van der Waals surface area contributed by atoms with Crippen LogP contribution in [0.4, 0.5) is 4.79 Å². The highest BCUT2D eigenvalue weighted by Crippen LogP contribution is 2.28. The first-order valence-electron chi connectivity index (χ1n) is 8.97. The largest absolute Gasteiger partial charge is 0.373 e. The molecular weight excluding hydrogens is 318 g/mol. The van der Waals surface area contributed by atoms with Crippen molar-refractivity contribution in [3.05, 3.63) is 35.9 Å². The lowest BCUT2D eigenvalue weighted by molar-refractivity contribution is -0.132. The molecule has 0 saturated carbocycles. The minimum absolute atomic E-state index is 0.0295. The zero-order chi connectivity index (χ0) is 17.8. The van der Waals surface area contributed by atoms with E-state index in [0.29, 0.717) is 19.7 Å². The Bertz CT molecular complexity index is 605. The van der Waals surface area contributed by atoms with Crippen LogP contribution in [0.5, 0.6) is 0 Å². The summed E-state index contributed by atoms with van der Waals surface area (Å²) in [6.07, 6.45) is 2.37. The van der Waals surface area contributed by atoms with Gasteiger partial charge in [-0.1, -0.05) is 30.3 Å². The molecule has 0 spiro atoms. The van der Waals surface area contributed by atoms with Crippen molar-refractivity contribution in [3.63, 3.8) is 0 Å². The minimum Gasteiger partial charge on any atom is -0.373 e. The SMILES string of the molecule is CN(C)C(=O)C1CCN(C(=O)NC2CCOC(c3ccccc3)C2)C1. The van der Waals surface area contributed by atoms with Crippen molar-refractivity contribution in [3.8, 4) is 0 Å². The Morgan fingerprint density at radius 2 is 1.96 bits per heavy atom. The molecule has 6 heteroatoms. The molecule has 2 fully saturated rings. The lowest BCUT2D eigenvalue weighted by Crippen LogP contribution is -2.46. The number of carbonyl (C=O) groups excluding carboxylic acids is 2. The number of benzene rings is 1. The summed E-state index contributed by atoms with van der Waals surface area (Å²) in [4.78, 5) is 28.0. The standard InChI is InChI=1S/C19H27N3O3/c1-21(2)18(23)15-8-10-22(13-15)19(24)20-16-9-11-25-17(12-16)14-6-4-3-5-7-14/h3-7,15-17H,8-13H2,1-2H3,(H,20,24). The highest BCUT2D eigenvalue weighted by molar-refractivity contribution is 5.81. The molecule has 3 amide bonds. The number of urea groups is 1.